The molecule has 1 atom stereocenters. The van der Waals surface area contributed by atoms with Crippen molar-refractivity contribution < 1.29 is 18.8 Å². The van der Waals surface area contributed by atoms with E-state index in [9.17, 15) is 9.59 Å². The Balaban J connectivity index is 2.74. The zero-order chi connectivity index (χ0) is 13.0. The van der Waals surface area contributed by atoms with Gasteiger partial charge in [0.25, 0.3) is 5.91 Å². The summed E-state index contributed by atoms with van der Waals surface area (Å²) in [6.45, 7) is 5.32. The van der Waals surface area contributed by atoms with Crippen LogP contribution in [0.15, 0.2) is 10.6 Å². The lowest BCUT2D eigenvalue weighted by atomic mass is 10.0. The van der Waals surface area contributed by atoms with Gasteiger partial charge in [-0.15, -0.1) is 0 Å². The molecule has 0 radical (unpaired) electrons. The summed E-state index contributed by atoms with van der Waals surface area (Å²) in [5, 5.41) is 6.13. The van der Waals surface area contributed by atoms with Crippen LogP contribution in [0.1, 0.15) is 30.1 Å². The molecule has 0 fully saturated rings. The quantitative estimate of drug-likeness (QED) is 0.791. The summed E-state index contributed by atoms with van der Waals surface area (Å²) in [6.07, 6.45) is 0. The van der Waals surface area contributed by atoms with Gasteiger partial charge >= 0.3 is 5.97 Å². The van der Waals surface area contributed by atoms with Gasteiger partial charge in [-0.2, -0.15) is 0 Å². The molecule has 1 aromatic heterocycles. The number of carbonyl (C=O) groups is 2. The topological polar surface area (TPSA) is 81.4 Å². The number of nitrogens with zero attached hydrogens (tertiary/aromatic N) is 1. The summed E-state index contributed by atoms with van der Waals surface area (Å²) in [4.78, 5) is 23.2. The van der Waals surface area contributed by atoms with Crippen LogP contribution in [0, 0.1) is 12.8 Å². The summed E-state index contributed by atoms with van der Waals surface area (Å²) in [7, 11) is 1.28. The van der Waals surface area contributed by atoms with E-state index in [1.807, 2.05) is 13.8 Å². The third-order valence-corrected chi connectivity index (χ3v) is 2.27. The second kappa shape index (κ2) is 5.47. The van der Waals surface area contributed by atoms with Crippen molar-refractivity contribution in [2.45, 2.75) is 26.8 Å². The maximum absolute atomic E-state index is 11.8. The molecule has 0 bridgehead atoms. The molecule has 6 heteroatoms. The molecule has 0 spiro atoms. The van der Waals surface area contributed by atoms with Crippen molar-refractivity contribution in [2.75, 3.05) is 7.11 Å². The molecule has 0 saturated carbocycles. The van der Waals surface area contributed by atoms with Crippen molar-refractivity contribution in [2.24, 2.45) is 5.92 Å². The van der Waals surface area contributed by atoms with Gasteiger partial charge in [0.1, 0.15) is 11.8 Å². The molecule has 0 aromatic carbocycles. The van der Waals surface area contributed by atoms with E-state index in [2.05, 4.69) is 15.2 Å². The van der Waals surface area contributed by atoms with Crippen LogP contribution in [0.5, 0.6) is 0 Å². The third-order valence-electron chi connectivity index (χ3n) is 2.27. The fourth-order valence-electron chi connectivity index (χ4n) is 1.31. The Labute approximate surface area is 99.3 Å². The van der Waals surface area contributed by atoms with Crippen LogP contribution in [0.25, 0.3) is 0 Å². The van der Waals surface area contributed by atoms with E-state index >= 15 is 0 Å². The Bertz CT molecular complexity index is 411. The largest absolute Gasteiger partial charge is 0.467 e. The number of aromatic nitrogens is 1. The van der Waals surface area contributed by atoms with Crippen LogP contribution in [0.4, 0.5) is 0 Å². The monoisotopic (exact) mass is 240 g/mol. The minimum atomic E-state index is -0.690. The highest BCUT2D eigenvalue weighted by atomic mass is 16.5. The Kier molecular flexibility index (Phi) is 4.25. The van der Waals surface area contributed by atoms with Crippen LogP contribution in [-0.4, -0.2) is 30.2 Å². The van der Waals surface area contributed by atoms with Gasteiger partial charge in [0, 0.05) is 6.07 Å². The summed E-state index contributed by atoms with van der Waals surface area (Å²) < 4.78 is 9.41. The highest BCUT2D eigenvalue weighted by Crippen LogP contribution is 2.06. The van der Waals surface area contributed by atoms with Crippen molar-refractivity contribution in [3.8, 4) is 0 Å². The molecule has 6 nitrogen and oxygen atoms in total. The maximum atomic E-state index is 11.8. The van der Waals surface area contributed by atoms with Gasteiger partial charge in [0.2, 0.25) is 0 Å². The van der Waals surface area contributed by atoms with Crippen LogP contribution in [-0.2, 0) is 9.53 Å². The normalized spacial score (nSPS) is 12.3. The molecule has 0 aliphatic heterocycles. The molecule has 17 heavy (non-hydrogen) atoms. The first-order valence-electron chi connectivity index (χ1n) is 5.27. The standard InChI is InChI=1S/C11H16N2O4/c1-6(2)9(11(15)16-4)12-10(14)8-5-7(3)17-13-8/h5-6,9H,1-4H3,(H,12,14). The molecule has 1 heterocycles. The van der Waals surface area contributed by atoms with Crippen LogP contribution in [0.3, 0.4) is 0 Å². The number of hydrogen-bond acceptors (Lipinski definition) is 5. The van der Waals surface area contributed by atoms with E-state index in [1.54, 1.807) is 6.92 Å². The summed E-state index contributed by atoms with van der Waals surface area (Å²) in [6, 6.07) is 0.814. The second-order valence-corrected chi connectivity index (χ2v) is 4.04. The molecule has 1 rings (SSSR count). The number of aryl methyl sites for hydroxylation is 1. The van der Waals surface area contributed by atoms with Gasteiger partial charge in [-0.05, 0) is 12.8 Å². The lowest BCUT2D eigenvalue weighted by molar-refractivity contribution is -0.144. The van der Waals surface area contributed by atoms with Gasteiger partial charge in [0.15, 0.2) is 5.69 Å². The van der Waals surface area contributed by atoms with E-state index in [4.69, 9.17) is 4.52 Å². The van der Waals surface area contributed by atoms with E-state index in [0.717, 1.165) is 0 Å². The lowest BCUT2D eigenvalue weighted by Gasteiger charge is -2.18. The molecule has 0 aliphatic rings. The number of amides is 1. The van der Waals surface area contributed by atoms with E-state index < -0.39 is 17.9 Å². The van der Waals surface area contributed by atoms with Gasteiger partial charge in [-0.1, -0.05) is 19.0 Å². The van der Waals surface area contributed by atoms with Crippen LogP contribution in [0.2, 0.25) is 0 Å². The number of methoxy groups -OCH3 is 1. The summed E-state index contributed by atoms with van der Waals surface area (Å²) in [5.41, 5.74) is 0.150. The first kappa shape index (κ1) is 13.2. The molecule has 1 aromatic rings. The molecule has 0 saturated heterocycles. The number of rotatable bonds is 4. The van der Waals surface area contributed by atoms with E-state index in [0.29, 0.717) is 5.76 Å². The molecule has 1 unspecified atom stereocenters. The number of nitrogens with one attached hydrogen (secondary N) is 1. The molecule has 0 aliphatic carbocycles. The zero-order valence-corrected chi connectivity index (χ0v) is 10.3. The minimum Gasteiger partial charge on any atom is -0.467 e. The van der Waals surface area contributed by atoms with Crippen molar-refractivity contribution in [1.82, 2.24) is 10.5 Å². The third kappa shape index (κ3) is 3.30. The van der Waals surface area contributed by atoms with E-state index in [-0.39, 0.29) is 11.6 Å². The highest BCUT2D eigenvalue weighted by Gasteiger charge is 2.26. The SMILES string of the molecule is COC(=O)C(NC(=O)c1cc(C)on1)C(C)C. The predicted molar refractivity (Wildman–Crippen MR) is 59.3 cm³/mol. The fraction of sp³-hybridized carbons (Fsp3) is 0.545. The van der Waals surface area contributed by atoms with Gasteiger partial charge < -0.3 is 14.6 Å². The minimum absolute atomic E-state index is 0.0700. The summed E-state index contributed by atoms with van der Waals surface area (Å²) in [5.74, 6) is -0.465. The second-order valence-electron chi connectivity index (χ2n) is 4.04. The fourth-order valence-corrected chi connectivity index (χ4v) is 1.31. The smallest absolute Gasteiger partial charge is 0.328 e. The Morgan fingerprint density at radius 3 is 2.53 bits per heavy atom. The van der Waals surface area contributed by atoms with Gasteiger partial charge in [-0.25, -0.2) is 4.79 Å². The number of hydrogen-bond donors (Lipinski definition) is 1. The van der Waals surface area contributed by atoms with Gasteiger partial charge in [-0.3, -0.25) is 4.79 Å². The summed E-state index contributed by atoms with van der Waals surface area (Å²) >= 11 is 0. The number of esters is 1. The van der Waals surface area contributed by atoms with Crippen molar-refractivity contribution in [1.29, 1.82) is 0 Å². The maximum Gasteiger partial charge on any atom is 0.328 e. The number of ether oxygens (including phenoxy) is 1. The predicted octanol–water partition coefficient (Wildman–Crippen LogP) is 0.910. The average molecular weight is 240 g/mol. The molecular formula is C11H16N2O4. The van der Waals surface area contributed by atoms with Crippen LogP contribution >= 0.6 is 0 Å². The van der Waals surface area contributed by atoms with Crippen molar-refractivity contribution >= 4 is 11.9 Å². The van der Waals surface area contributed by atoms with Crippen molar-refractivity contribution in [3.05, 3.63) is 17.5 Å². The van der Waals surface area contributed by atoms with E-state index in [1.165, 1.54) is 13.2 Å². The highest BCUT2D eigenvalue weighted by molar-refractivity contribution is 5.95. The average Bonchev–Trinajstić information content (AvgIpc) is 2.71. The Morgan fingerprint density at radius 1 is 1.47 bits per heavy atom. The molecule has 94 valence electrons. The van der Waals surface area contributed by atoms with Crippen LogP contribution < -0.4 is 5.32 Å². The molecular weight excluding hydrogens is 224 g/mol. The van der Waals surface area contributed by atoms with Crippen molar-refractivity contribution in [3.63, 3.8) is 0 Å². The lowest BCUT2D eigenvalue weighted by Crippen LogP contribution is -2.45. The number of carbonyl (C=O) groups excluding carboxylic acids is 2. The zero-order valence-electron chi connectivity index (χ0n) is 10.3. The molecule has 1 amide bonds. The molecule has 1 N–H and O–H groups in total. The first-order chi connectivity index (χ1) is 7.95. The Morgan fingerprint density at radius 2 is 2.12 bits per heavy atom. The Hall–Kier alpha value is -1.85. The van der Waals surface area contributed by atoms with Gasteiger partial charge in [0.05, 0.1) is 7.11 Å². The first-order valence-corrected chi connectivity index (χ1v) is 5.27.